The van der Waals surface area contributed by atoms with Crippen molar-refractivity contribution in [3.8, 4) is 5.75 Å². The highest BCUT2D eigenvalue weighted by Crippen LogP contribution is 2.26. The lowest BCUT2D eigenvalue weighted by Gasteiger charge is -2.11. The fourth-order valence-corrected chi connectivity index (χ4v) is 4.28. The van der Waals surface area contributed by atoms with Crippen molar-refractivity contribution in [2.45, 2.75) is 11.4 Å². The number of ether oxygens (including phenoxy) is 2. The maximum Gasteiger partial charge on any atom is 0.255 e. The zero-order valence-electron chi connectivity index (χ0n) is 17.4. The smallest absolute Gasteiger partial charge is 0.255 e. The van der Waals surface area contributed by atoms with Gasteiger partial charge in [-0.3, -0.25) is 4.79 Å². The van der Waals surface area contributed by atoms with E-state index in [2.05, 4.69) is 26.0 Å². The zero-order chi connectivity index (χ0) is 23.0. The minimum Gasteiger partial charge on any atom is -0.490 e. The fourth-order valence-electron chi connectivity index (χ4n) is 2.77. The van der Waals surface area contributed by atoms with Gasteiger partial charge in [-0.15, -0.1) is 0 Å². The van der Waals surface area contributed by atoms with E-state index in [9.17, 15) is 13.2 Å². The van der Waals surface area contributed by atoms with Gasteiger partial charge in [-0.2, -0.15) is 0 Å². The van der Waals surface area contributed by atoms with Crippen LogP contribution in [0.2, 0.25) is 0 Å². The normalized spacial score (nSPS) is 11.2. The number of carbonyl (C=O) groups excluding carboxylic acids is 1. The lowest BCUT2D eigenvalue weighted by atomic mass is 10.2. The lowest BCUT2D eigenvalue weighted by molar-refractivity contribution is 0.102. The second-order valence-corrected chi connectivity index (χ2v) is 9.40. The number of benzene rings is 3. The quantitative estimate of drug-likeness (QED) is 0.392. The molecule has 0 bridgehead atoms. The Balaban J connectivity index is 1.61. The summed E-state index contributed by atoms with van der Waals surface area (Å²) in [7, 11) is -2.08. The molecule has 3 aromatic rings. The van der Waals surface area contributed by atoms with Crippen LogP contribution >= 0.6 is 15.9 Å². The van der Waals surface area contributed by atoms with E-state index in [4.69, 9.17) is 9.47 Å². The summed E-state index contributed by atoms with van der Waals surface area (Å²) >= 11 is 3.40. The molecule has 0 saturated heterocycles. The highest BCUT2D eigenvalue weighted by Gasteiger charge is 2.15. The third kappa shape index (κ3) is 6.64. The first kappa shape index (κ1) is 23.9. The van der Waals surface area contributed by atoms with E-state index < -0.39 is 10.0 Å². The Hall–Kier alpha value is -2.72. The Bertz CT molecular complexity index is 1150. The van der Waals surface area contributed by atoms with E-state index in [0.717, 1.165) is 5.56 Å². The molecule has 0 atom stereocenters. The first-order valence-corrected chi connectivity index (χ1v) is 12.0. The Kier molecular flexibility index (Phi) is 8.40. The molecule has 0 aromatic heterocycles. The lowest BCUT2D eigenvalue weighted by Crippen LogP contribution is -2.23. The third-order valence-corrected chi connectivity index (χ3v) is 6.51. The van der Waals surface area contributed by atoms with Crippen molar-refractivity contribution in [1.82, 2.24) is 4.72 Å². The molecule has 0 heterocycles. The maximum absolute atomic E-state index is 12.6. The third-order valence-electron chi connectivity index (χ3n) is 4.47. The van der Waals surface area contributed by atoms with Crippen LogP contribution in [0.25, 0.3) is 0 Å². The standard InChI is InChI=1S/C23H23BrN2O5S/c1-30-13-14-31-22-12-7-18(15-21(22)24)23(27)26-19-8-10-20(11-9-19)32(28,29)25-16-17-5-3-2-4-6-17/h2-12,15,25H,13-14,16H2,1H3,(H,26,27). The molecule has 9 heteroatoms. The van der Waals surface area contributed by atoms with Gasteiger partial charge in [0.15, 0.2) is 0 Å². The average molecular weight is 519 g/mol. The van der Waals surface area contributed by atoms with Crippen LogP contribution in [0.3, 0.4) is 0 Å². The predicted octanol–water partition coefficient (Wildman–Crippen LogP) is 4.21. The average Bonchev–Trinajstić information content (AvgIpc) is 2.80. The molecule has 0 aliphatic carbocycles. The van der Waals surface area contributed by atoms with Crippen LogP contribution in [-0.4, -0.2) is 34.6 Å². The summed E-state index contributed by atoms with van der Waals surface area (Å²) in [5, 5.41) is 2.76. The molecule has 168 valence electrons. The van der Waals surface area contributed by atoms with Crippen LogP contribution in [0.1, 0.15) is 15.9 Å². The Morgan fingerprint density at radius 3 is 2.34 bits per heavy atom. The van der Waals surface area contributed by atoms with Crippen molar-refractivity contribution in [2.75, 3.05) is 25.6 Å². The van der Waals surface area contributed by atoms with Gasteiger partial charge in [0.1, 0.15) is 12.4 Å². The topological polar surface area (TPSA) is 93.7 Å². The molecule has 0 unspecified atom stereocenters. The molecule has 7 nitrogen and oxygen atoms in total. The van der Waals surface area contributed by atoms with Crippen molar-refractivity contribution < 1.29 is 22.7 Å². The Labute approximate surface area is 195 Å². The number of halogens is 1. The van der Waals surface area contributed by atoms with Crippen molar-refractivity contribution in [2.24, 2.45) is 0 Å². The summed E-state index contributed by atoms with van der Waals surface area (Å²) < 4.78 is 38.7. The molecule has 0 spiro atoms. The van der Waals surface area contributed by atoms with E-state index in [1.165, 1.54) is 12.1 Å². The van der Waals surface area contributed by atoms with Crippen molar-refractivity contribution >= 4 is 37.5 Å². The number of carbonyl (C=O) groups is 1. The van der Waals surface area contributed by atoms with Gasteiger partial charge < -0.3 is 14.8 Å². The van der Waals surface area contributed by atoms with E-state index >= 15 is 0 Å². The first-order valence-electron chi connectivity index (χ1n) is 9.75. The van der Waals surface area contributed by atoms with Crippen LogP contribution in [-0.2, 0) is 21.3 Å². The summed E-state index contributed by atoms with van der Waals surface area (Å²) in [4.78, 5) is 12.7. The Morgan fingerprint density at radius 2 is 1.69 bits per heavy atom. The van der Waals surface area contributed by atoms with Gasteiger partial charge in [0, 0.05) is 24.9 Å². The summed E-state index contributed by atoms with van der Waals surface area (Å²) in [6.45, 7) is 1.06. The van der Waals surface area contributed by atoms with Gasteiger partial charge >= 0.3 is 0 Å². The minimum absolute atomic E-state index is 0.117. The maximum atomic E-state index is 12.6. The molecule has 0 fully saturated rings. The summed E-state index contributed by atoms with van der Waals surface area (Å²) in [5.74, 6) is 0.281. The predicted molar refractivity (Wildman–Crippen MR) is 126 cm³/mol. The fraction of sp³-hybridized carbons (Fsp3) is 0.174. The molecule has 0 radical (unpaired) electrons. The van der Waals surface area contributed by atoms with E-state index in [1.807, 2.05) is 30.3 Å². The largest absolute Gasteiger partial charge is 0.490 e. The first-order chi connectivity index (χ1) is 15.4. The number of amides is 1. The molecular weight excluding hydrogens is 496 g/mol. The molecule has 0 aliphatic rings. The molecular formula is C23H23BrN2O5S. The second kappa shape index (κ2) is 11.2. The number of hydrogen-bond acceptors (Lipinski definition) is 5. The highest BCUT2D eigenvalue weighted by atomic mass is 79.9. The van der Waals surface area contributed by atoms with Crippen molar-refractivity contribution in [3.63, 3.8) is 0 Å². The monoisotopic (exact) mass is 518 g/mol. The van der Waals surface area contributed by atoms with E-state index in [0.29, 0.717) is 34.7 Å². The summed E-state index contributed by atoms with van der Waals surface area (Å²) in [6.07, 6.45) is 0. The van der Waals surface area contributed by atoms with Gasteiger partial charge in [-0.1, -0.05) is 30.3 Å². The van der Waals surface area contributed by atoms with E-state index in [-0.39, 0.29) is 17.3 Å². The van der Waals surface area contributed by atoms with Crippen LogP contribution in [0, 0.1) is 0 Å². The van der Waals surface area contributed by atoms with Crippen LogP contribution < -0.4 is 14.8 Å². The van der Waals surface area contributed by atoms with E-state index in [1.54, 1.807) is 37.4 Å². The second-order valence-electron chi connectivity index (χ2n) is 6.78. The summed E-state index contributed by atoms with van der Waals surface area (Å²) in [5.41, 5.74) is 1.77. The number of anilines is 1. The molecule has 3 aromatic carbocycles. The van der Waals surface area contributed by atoms with Crippen LogP contribution in [0.5, 0.6) is 5.75 Å². The number of hydrogen-bond donors (Lipinski definition) is 2. The molecule has 2 N–H and O–H groups in total. The van der Waals surface area contributed by atoms with Crippen molar-refractivity contribution in [3.05, 3.63) is 88.4 Å². The number of nitrogens with one attached hydrogen (secondary N) is 2. The summed E-state index contributed by atoms with van der Waals surface area (Å²) in [6, 6.07) is 20.3. The molecule has 0 saturated carbocycles. The van der Waals surface area contributed by atoms with Gasteiger partial charge in [-0.05, 0) is 64.0 Å². The SMILES string of the molecule is COCCOc1ccc(C(=O)Nc2ccc(S(=O)(=O)NCc3ccccc3)cc2)cc1Br. The number of rotatable bonds is 10. The van der Waals surface area contributed by atoms with Gasteiger partial charge in [0.25, 0.3) is 5.91 Å². The zero-order valence-corrected chi connectivity index (χ0v) is 19.8. The molecule has 3 rings (SSSR count). The van der Waals surface area contributed by atoms with Crippen LogP contribution in [0.15, 0.2) is 82.2 Å². The van der Waals surface area contributed by atoms with Crippen molar-refractivity contribution in [1.29, 1.82) is 0 Å². The number of methoxy groups -OCH3 is 1. The highest BCUT2D eigenvalue weighted by molar-refractivity contribution is 9.10. The molecule has 32 heavy (non-hydrogen) atoms. The minimum atomic E-state index is -3.67. The molecule has 1 amide bonds. The van der Waals surface area contributed by atoms with Gasteiger partial charge in [0.05, 0.1) is 16.0 Å². The van der Waals surface area contributed by atoms with Gasteiger partial charge in [-0.25, -0.2) is 13.1 Å². The molecule has 0 aliphatic heterocycles. The van der Waals surface area contributed by atoms with Gasteiger partial charge in [0.2, 0.25) is 10.0 Å². The van der Waals surface area contributed by atoms with Crippen LogP contribution in [0.4, 0.5) is 5.69 Å². The Morgan fingerprint density at radius 1 is 0.969 bits per heavy atom. The number of sulfonamides is 1.